The van der Waals surface area contributed by atoms with Gasteiger partial charge in [-0.3, -0.25) is 0 Å². The molecule has 40 valence electrons. The third kappa shape index (κ3) is 0.358. The number of hydrogen-bond acceptors (Lipinski definition) is 2. The van der Waals surface area contributed by atoms with Gasteiger partial charge in [0.1, 0.15) is 6.54 Å². The molecule has 1 aromatic rings. The van der Waals surface area contributed by atoms with Gasteiger partial charge in [0.05, 0.1) is 6.54 Å². The fourth-order valence-electron chi connectivity index (χ4n) is 0.765. The number of hydrogen-bond donors (Lipinski definition) is 1. The summed E-state index contributed by atoms with van der Waals surface area (Å²) in [7, 11) is 0. The maximum Gasteiger partial charge on any atom is 0.203 e. The van der Waals surface area contributed by atoms with E-state index in [1.807, 2.05) is 10.8 Å². The van der Waals surface area contributed by atoms with Gasteiger partial charge in [-0.25, -0.2) is 4.98 Å². The Morgan fingerprint density at radius 3 is 3.75 bits per heavy atom. The second-order valence-electron chi connectivity index (χ2n) is 1.68. The van der Waals surface area contributed by atoms with Gasteiger partial charge in [0.25, 0.3) is 0 Å². The first-order chi connectivity index (χ1) is 3.97. The molecule has 2 radical (unpaired) electrons. The van der Waals surface area contributed by atoms with Crippen LogP contribution in [0.5, 0.6) is 0 Å². The highest BCUT2D eigenvalue weighted by Crippen LogP contribution is 2.11. The zero-order valence-electron chi connectivity index (χ0n) is 4.26. The summed E-state index contributed by atoms with van der Waals surface area (Å²) in [5.41, 5.74) is 0. The van der Waals surface area contributed by atoms with E-state index in [1.165, 1.54) is 0 Å². The first kappa shape index (κ1) is 3.95. The van der Waals surface area contributed by atoms with Gasteiger partial charge in [-0.05, 0) is 0 Å². The molecule has 0 saturated carbocycles. The standard InChI is InChI=1S/C5H5N3/c1-3-8-4-2-7-5(8)6-1/h1,3H,4H2,(H,6,7). The predicted molar refractivity (Wildman–Crippen MR) is 29.1 cm³/mol. The molecular weight excluding hydrogens is 102 g/mol. The molecular formula is C5H5N3. The third-order valence-electron chi connectivity index (χ3n) is 1.17. The molecule has 0 atom stereocenters. The molecule has 0 saturated heterocycles. The van der Waals surface area contributed by atoms with Gasteiger partial charge in [0.15, 0.2) is 0 Å². The molecule has 3 nitrogen and oxygen atoms in total. The first-order valence-electron chi connectivity index (χ1n) is 2.47. The quantitative estimate of drug-likeness (QED) is 0.518. The molecule has 2 heterocycles. The Kier molecular flexibility index (Phi) is 0.614. The maximum absolute atomic E-state index is 3.99. The third-order valence-corrected chi connectivity index (χ3v) is 1.17. The monoisotopic (exact) mass is 107 g/mol. The molecule has 0 amide bonds. The largest absolute Gasteiger partial charge is 0.343 e. The fraction of sp³-hybridized carbons (Fsp3) is 0.200. The number of imidazole rings is 1. The van der Waals surface area contributed by atoms with Crippen molar-refractivity contribution in [3.8, 4) is 0 Å². The van der Waals surface area contributed by atoms with E-state index in [0.717, 1.165) is 12.5 Å². The summed E-state index contributed by atoms with van der Waals surface area (Å²) in [4.78, 5) is 3.99. The highest BCUT2D eigenvalue weighted by atomic mass is 15.2. The Balaban J connectivity index is 2.54. The molecule has 1 aliphatic heterocycles. The number of anilines is 1. The minimum absolute atomic E-state index is 0.815. The van der Waals surface area contributed by atoms with Crippen LogP contribution in [0.2, 0.25) is 0 Å². The van der Waals surface area contributed by atoms with Crippen molar-refractivity contribution in [1.82, 2.24) is 9.55 Å². The summed E-state index contributed by atoms with van der Waals surface area (Å²) in [6, 6.07) is 0. The van der Waals surface area contributed by atoms with Crippen LogP contribution in [0.25, 0.3) is 0 Å². The molecule has 0 aromatic carbocycles. The van der Waals surface area contributed by atoms with E-state index in [0.29, 0.717) is 0 Å². The van der Waals surface area contributed by atoms with E-state index in [4.69, 9.17) is 0 Å². The summed E-state index contributed by atoms with van der Waals surface area (Å²) >= 11 is 0. The van der Waals surface area contributed by atoms with Gasteiger partial charge < -0.3 is 9.88 Å². The number of aromatic nitrogens is 2. The topological polar surface area (TPSA) is 29.9 Å². The molecule has 1 aromatic heterocycles. The van der Waals surface area contributed by atoms with E-state index < -0.39 is 0 Å². The number of nitrogens with one attached hydrogen (secondary N) is 1. The highest BCUT2D eigenvalue weighted by molar-refractivity contribution is 5.32. The smallest absolute Gasteiger partial charge is 0.203 e. The Hall–Kier alpha value is -0.990. The van der Waals surface area contributed by atoms with Gasteiger partial charge in [0.2, 0.25) is 5.95 Å². The van der Waals surface area contributed by atoms with Gasteiger partial charge >= 0.3 is 0 Å². The van der Waals surface area contributed by atoms with E-state index in [1.54, 1.807) is 6.20 Å². The summed E-state index contributed by atoms with van der Waals surface area (Å²) in [5, 5.41) is 2.88. The van der Waals surface area contributed by atoms with Crippen LogP contribution >= 0.6 is 0 Å². The lowest BCUT2D eigenvalue weighted by molar-refractivity contribution is 0.856. The SMILES string of the molecule is [C]1Cn2ccnc2N1. The van der Waals surface area contributed by atoms with E-state index in [2.05, 4.69) is 16.8 Å². The molecule has 3 heteroatoms. The lowest BCUT2D eigenvalue weighted by Crippen LogP contribution is -1.84. The minimum atomic E-state index is 0.815. The molecule has 0 unspecified atom stereocenters. The molecule has 1 aliphatic rings. The Bertz CT molecular complexity index is 173. The summed E-state index contributed by atoms with van der Waals surface area (Å²) < 4.78 is 1.99. The van der Waals surface area contributed by atoms with E-state index in [9.17, 15) is 0 Å². The minimum Gasteiger partial charge on any atom is -0.343 e. The first-order valence-corrected chi connectivity index (χ1v) is 2.47. The summed E-state index contributed by atoms with van der Waals surface area (Å²) in [6.45, 7) is 3.73. The van der Waals surface area contributed by atoms with Crippen LogP contribution in [0.4, 0.5) is 5.95 Å². The predicted octanol–water partition coefficient (Wildman–Crippen LogP) is 0.347. The van der Waals surface area contributed by atoms with Crippen molar-refractivity contribution >= 4 is 5.95 Å². The maximum atomic E-state index is 3.99. The molecule has 8 heavy (non-hydrogen) atoms. The second-order valence-corrected chi connectivity index (χ2v) is 1.68. The second kappa shape index (κ2) is 1.24. The zero-order valence-corrected chi connectivity index (χ0v) is 4.26. The Morgan fingerprint density at radius 2 is 2.88 bits per heavy atom. The molecule has 2 rings (SSSR count). The normalized spacial score (nSPS) is 15.5. The van der Waals surface area contributed by atoms with Crippen molar-refractivity contribution in [2.45, 2.75) is 6.54 Å². The van der Waals surface area contributed by atoms with Crippen LogP contribution < -0.4 is 5.32 Å². The van der Waals surface area contributed by atoms with Crippen molar-refractivity contribution in [1.29, 1.82) is 0 Å². The lowest BCUT2D eigenvalue weighted by Gasteiger charge is -1.86. The Labute approximate surface area is 47.3 Å². The van der Waals surface area contributed by atoms with Crippen molar-refractivity contribution in [2.75, 3.05) is 5.32 Å². The molecule has 0 bridgehead atoms. The van der Waals surface area contributed by atoms with Crippen LogP contribution in [0.3, 0.4) is 0 Å². The molecule has 0 fully saturated rings. The average molecular weight is 107 g/mol. The summed E-state index contributed by atoms with van der Waals surface area (Å²) in [6.07, 6.45) is 3.69. The molecule has 0 aliphatic carbocycles. The fourth-order valence-corrected chi connectivity index (χ4v) is 0.765. The average Bonchev–Trinajstić information content (AvgIpc) is 2.15. The number of rotatable bonds is 0. The van der Waals surface area contributed by atoms with Crippen LogP contribution in [0.15, 0.2) is 12.4 Å². The van der Waals surface area contributed by atoms with Crippen LogP contribution in [-0.2, 0) is 6.54 Å². The van der Waals surface area contributed by atoms with E-state index in [-0.39, 0.29) is 0 Å². The van der Waals surface area contributed by atoms with Crippen molar-refractivity contribution < 1.29 is 0 Å². The molecule has 1 N–H and O–H groups in total. The summed E-state index contributed by atoms with van der Waals surface area (Å²) in [5.74, 6) is 0.894. The zero-order chi connectivity index (χ0) is 5.40. The van der Waals surface area contributed by atoms with Crippen molar-refractivity contribution in [3.05, 3.63) is 18.9 Å². The number of fused-ring (bicyclic) bond motifs is 1. The van der Waals surface area contributed by atoms with Crippen molar-refractivity contribution in [3.63, 3.8) is 0 Å². The van der Waals surface area contributed by atoms with Gasteiger partial charge in [-0.15, -0.1) is 0 Å². The number of nitrogens with zero attached hydrogens (tertiary/aromatic N) is 2. The lowest BCUT2D eigenvalue weighted by atomic mass is 10.7. The van der Waals surface area contributed by atoms with E-state index >= 15 is 0 Å². The van der Waals surface area contributed by atoms with Gasteiger partial charge in [-0.2, -0.15) is 0 Å². The van der Waals surface area contributed by atoms with Crippen molar-refractivity contribution in [2.24, 2.45) is 0 Å². The van der Waals surface area contributed by atoms with Gasteiger partial charge in [0, 0.05) is 12.4 Å². The van der Waals surface area contributed by atoms with Gasteiger partial charge in [-0.1, -0.05) is 0 Å². The molecule has 0 spiro atoms. The van der Waals surface area contributed by atoms with Crippen LogP contribution in [0.1, 0.15) is 0 Å². The van der Waals surface area contributed by atoms with Crippen LogP contribution in [-0.4, -0.2) is 9.55 Å². The highest BCUT2D eigenvalue weighted by Gasteiger charge is 2.07. The Morgan fingerprint density at radius 1 is 1.88 bits per heavy atom. The van der Waals surface area contributed by atoms with Crippen LogP contribution in [0, 0.1) is 6.54 Å².